The van der Waals surface area contributed by atoms with Crippen LogP contribution in [0, 0.1) is 12.8 Å². The summed E-state index contributed by atoms with van der Waals surface area (Å²) < 4.78 is 10.9. The molecule has 1 fully saturated rings. The molecule has 1 heterocycles. The first-order valence-electron chi connectivity index (χ1n) is 9.27. The van der Waals surface area contributed by atoms with Gasteiger partial charge in [0.2, 0.25) is 0 Å². The summed E-state index contributed by atoms with van der Waals surface area (Å²) in [5, 5.41) is 3.38. The van der Waals surface area contributed by atoms with Gasteiger partial charge < -0.3 is 19.7 Å². The normalized spacial score (nSPS) is 17.1. The highest BCUT2D eigenvalue weighted by molar-refractivity contribution is 5.95. The molecule has 25 heavy (non-hydrogen) atoms. The minimum atomic E-state index is 0.0867. The van der Waals surface area contributed by atoms with E-state index in [1.165, 1.54) is 0 Å². The van der Waals surface area contributed by atoms with E-state index in [0.29, 0.717) is 24.7 Å². The zero-order valence-corrected chi connectivity index (χ0v) is 16.0. The molecule has 0 radical (unpaired) electrons. The van der Waals surface area contributed by atoms with Crippen LogP contribution in [0.4, 0.5) is 0 Å². The van der Waals surface area contributed by atoms with Crippen molar-refractivity contribution in [2.75, 3.05) is 40.0 Å². The van der Waals surface area contributed by atoms with E-state index in [2.05, 4.69) is 19.2 Å². The molecule has 1 aliphatic rings. The van der Waals surface area contributed by atoms with Gasteiger partial charge in [-0.25, -0.2) is 0 Å². The van der Waals surface area contributed by atoms with Crippen molar-refractivity contribution in [1.29, 1.82) is 0 Å². The highest BCUT2D eigenvalue weighted by Gasteiger charge is 2.25. The SMILES string of the molecule is COCCCOc1cc(C(=O)N(C[C@H]2CCNC2)C(C)C)ccc1C. The number of hydrogen-bond donors (Lipinski definition) is 1. The fourth-order valence-corrected chi connectivity index (χ4v) is 3.12. The largest absolute Gasteiger partial charge is 0.493 e. The molecule has 1 amide bonds. The Bertz CT molecular complexity index is 554. The fraction of sp³-hybridized carbons (Fsp3) is 0.650. The average molecular weight is 348 g/mol. The summed E-state index contributed by atoms with van der Waals surface area (Å²) >= 11 is 0. The Morgan fingerprint density at radius 3 is 2.80 bits per heavy atom. The van der Waals surface area contributed by atoms with Crippen LogP contribution in [-0.4, -0.2) is 56.8 Å². The van der Waals surface area contributed by atoms with E-state index in [0.717, 1.165) is 43.8 Å². The zero-order valence-electron chi connectivity index (χ0n) is 16.0. The predicted octanol–water partition coefficient (Wildman–Crippen LogP) is 2.87. The monoisotopic (exact) mass is 348 g/mol. The number of rotatable bonds is 9. The Labute approximate surface area is 151 Å². The van der Waals surface area contributed by atoms with Crippen molar-refractivity contribution in [2.24, 2.45) is 5.92 Å². The molecule has 1 aromatic rings. The van der Waals surface area contributed by atoms with Crippen molar-refractivity contribution < 1.29 is 14.3 Å². The van der Waals surface area contributed by atoms with Gasteiger partial charge in [-0.1, -0.05) is 6.07 Å². The van der Waals surface area contributed by atoms with Crippen LogP contribution in [0.25, 0.3) is 0 Å². The summed E-state index contributed by atoms with van der Waals surface area (Å²) in [5.41, 5.74) is 1.75. The molecule has 5 heteroatoms. The van der Waals surface area contributed by atoms with Crippen LogP contribution in [0.5, 0.6) is 5.75 Å². The molecule has 0 aromatic heterocycles. The molecule has 0 saturated carbocycles. The molecule has 5 nitrogen and oxygen atoms in total. The van der Waals surface area contributed by atoms with Crippen molar-refractivity contribution in [1.82, 2.24) is 10.2 Å². The van der Waals surface area contributed by atoms with Gasteiger partial charge in [0.15, 0.2) is 0 Å². The Morgan fingerprint density at radius 2 is 2.16 bits per heavy atom. The number of nitrogens with one attached hydrogen (secondary N) is 1. The summed E-state index contributed by atoms with van der Waals surface area (Å²) in [6.07, 6.45) is 1.97. The first kappa shape index (κ1) is 19.7. The second-order valence-corrected chi connectivity index (χ2v) is 7.09. The Balaban J connectivity index is 2.07. The molecular formula is C20H32N2O3. The van der Waals surface area contributed by atoms with Crippen LogP contribution in [0.3, 0.4) is 0 Å². The van der Waals surface area contributed by atoms with Gasteiger partial charge in [0.25, 0.3) is 5.91 Å². The number of amides is 1. The predicted molar refractivity (Wildman–Crippen MR) is 100 cm³/mol. The van der Waals surface area contributed by atoms with E-state index in [9.17, 15) is 4.79 Å². The summed E-state index contributed by atoms with van der Waals surface area (Å²) in [7, 11) is 1.69. The maximum Gasteiger partial charge on any atom is 0.254 e. The quantitative estimate of drug-likeness (QED) is 0.697. The number of ether oxygens (including phenoxy) is 2. The van der Waals surface area contributed by atoms with Gasteiger partial charge >= 0.3 is 0 Å². The lowest BCUT2D eigenvalue weighted by Crippen LogP contribution is -2.40. The standard InChI is InChI=1S/C20H32N2O3/c1-15(2)22(14-17-8-9-21-13-17)20(23)18-7-6-16(3)19(12-18)25-11-5-10-24-4/h6-7,12,15,17,21H,5,8-11,13-14H2,1-4H3/t17-/m0/s1. The van der Waals surface area contributed by atoms with Crippen LogP contribution in [0.1, 0.15) is 42.6 Å². The lowest BCUT2D eigenvalue weighted by Gasteiger charge is -2.29. The van der Waals surface area contributed by atoms with Gasteiger partial charge in [0.1, 0.15) is 5.75 Å². The lowest BCUT2D eigenvalue weighted by molar-refractivity contribution is 0.0676. The van der Waals surface area contributed by atoms with E-state index in [4.69, 9.17) is 9.47 Å². The molecular weight excluding hydrogens is 316 g/mol. The molecule has 140 valence electrons. The number of nitrogens with zero attached hydrogens (tertiary/aromatic N) is 1. The highest BCUT2D eigenvalue weighted by atomic mass is 16.5. The summed E-state index contributed by atoms with van der Waals surface area (Å²) in [6.45, 7) is 10.3. The van der Waals surface area contributed by atoms with E-state index in [-0.39, 0.29) is 11.9 Å². The third-order valence-corrected chi connectivity index (χ3v) is 4.69. The van der Waals surface area contributed by atoms with Crippen molar-refractivity contribution in [2.45, 2.75) is 39.7 Å². The smallest absolute Gasteiger partial charge is 0.254 e. The third kappa shape index (κ3) is 5.72. The first-order valence-corrected chi connectivity index (χ1v) is 9.27. The molecule has 0 aliphatic carbocycles. The van der Waals surface area contributed by atoms with E-state index < -0.39 is 0 Å². The van der Waals surface area contributed by atoms with Gasteiger partial charge in [-0.3, -0.25) is 4.79 Å². The number of carbonyl (C=O) groups excluding carboxylic acids is 1. The molecule has 0 spiro atoms. The van der Waals surface area contributed by atoms with Crippen LogP contribution in [-0.2, 0) is 4.74 Å². The van der Waals surface area contributed by atoms with E-state index in [1.807, 2.05) is 30.0 Å². The molecule has 2 rings (SSSR count). The second-order valence-electron chi connectivity index (χ2n) is 7.09. The Hall–Kier alpha value is -1.59. The van der Waals surface area contributed by atoms with Crippen molar-refractivity contribution in [3.63, 3.8) is 0 Å². The summed E-state index contributed by atoms with van der Waals surface area (Å²) in [4.78, 5) is 15.0. The van der Waals surface area contributed by atoms with Gasteiger partial charge in [0, 0.05) is 38.3 Å². The van der Waals surface area contributed by atoms with Crippen LogP contribution >= 0.6 is 0 Å². The molecule has 1 aliphatic heterocycles. The van der Waals surface area contributed by atoms with Crippen LogP contribution in [0.15, 0.2) is 18.2 Å². The fourth-order valence-electron chi connectivity index (χ4n) is 3.12. The third-order valence-electron chi connectivity index (χ3n) is 4.69. The van der Waals surface area contributed by atoms with Crippen LogP contribution < -0.4 is 10.1 Å². The topological polar surface area (TPSA) is 50.8 Å². The maximum atomic E-state index is 13.0. The maximum absolute atomic E-state index is 13.0. The lowest BCUT2D eigenvalue weighted by atomic mass is 10.1. The number of benzene rings is 1. The molecule has 1 aromatic carbocycles. The summed E-state index contributed by atoms with van der Waals surface area (Å²) in [6, 6.07) is 5.93. The number of hydrogen-bond acceptors (Lipinski definition) is 4. The molecule has 1 atom stereocenters. The highest BCUT2D eigenvalue weighted by Crippen LogP contribution is 2.22. The van der Waals surface area contributed by atoms with Gasteiger partial charge in [-0.2, -0.15) is 0 Å². The van der Waals surface area contributed by atoms with Gasteiger partial charge in [-0.15, -0.1) is 0 Å². The zero-order chi connectivity index (χ0) is 18.2. The Kier molecular flexibility index (Phi) is 7.72. The van der Waals surface area contributed by atoms with Crippen molar-refractivity contribution >= 4 is 5.91 Å². The minimum absolute atomic E-state index is 0.0867. The molecule has 0 bridgehead atoms. The van der Waals surface area contributed by atoms with Crippen LogP contribution in [0.2, 0.25) is 0 Å². The average Bonchev–Trinajstić information content (AvgIpc) is 3.10. The molecule has 0 unspecified atom stereocenters. The van der Waals surface area contributed by atoms with E-state index in [1.54, 1.807) is 7.11 Å². The number of methoxy groups -OCH3 is 1. The van der Waals surface area contributed by atoms with E-state index >= 15 is 0 Å². The van der Waals surface area contributed by atoms with Crippen molar-refractivity contribution in [3.8, 4) is 5.75 Å². The Morgan fingerprint density at radius 1 is 1.36 bits per heavy atom. The number of aryl methyl sites for hydroxylation is 1. The molecule has 1 N–H and O–H groups in total. The van der Waals surface area contributed by atoms with Crippen molar-refractivity contribution in [3.05, 3.63) is 29.3 Å². The summed E-state index contributed by atoms with van der Waals surface area (Å²) in [5.74, 6) is 1.42. The molecule has 1 saturated heterocycles. The second kappa shape index (κ2) is 9.78. The van der Waals surface area contributed by atoms with Gasteiger partial charge in [-0.05, 0) is 63.9 Å². The number of carbonyl (C=O) groups is 1. The first-order chi connectivity index (χ1) is 12.0. The van der Waals surface area contributed by atoms with Gasteiger partial charge in [0.05, 0.1) is 6.61 Å². The minimum Gasteiger partial charge on any atom is -0.493 e.